The second-order valence-corrected chi connectivity index (χ2v) is 6.74. The van der Waals surface area contributed by atoms with Crippen LogP contribution in [0, 0.1) is 24.4 Å². The average Bonchev–Trinajstić information content (AvgIpc) is 3.08. The van der Waals surface area contributed by atoms with E-state index >= 15 is 0 Å². The fourth-order valence-corrected chi connectivity index (χ4v) is 3.60. The van der Waals surface area contributed by atoms with Crippen LogP contribution in [0.3, 0.4) is 0 Å². The van der Waals surface area contributed by atoms with Crippen molar-refractivity contribution >= 4 is 11.6 Å². The smallest absolute Gasteiger partial charge is 0.274 e. The van der Waals surface area contributed by atoms with Gasteiger partial charge in [-0.3, -0.25) is 4.79 Å². The number of hydrogen-bond donors (Lipinski definition) is 1. The Labute approximate surface area is 164 Å². The molecule has 0 aliphatic carbocycles. The zero-order chi connectivity index (χ0) is 20.7. The molecule has 150 valence electrons. The molecule has 9 heteroatoms. The number of rotatable bonds is 4. The third-order valence-electron chi connectivity index (χ3n) is 4.93. The fourth-order valence-electron chi connectivity index (χ4n) is 3.60. The first-order chi connectivity index (χ1) is 13.9. The Hall–Kier alpha value is -3.36. The number of ether oxygens (including phenoxy) is 1. The molecule has 0 amide bonds. The molecule has 1 aliphatic rings. The van der Waals surface area contributed by atoms with E-state index in [1.807, 2.05) is 0 Å². The predicted octanol–water partition coefficient (Wildman–Crippen LogP) is 3.65. The molecular formula is C20H17F3N4O2. The van der Waals surface area contributed by atoms with Gasteiger partial charge in [0, 0.05) is 29.5 Å². The average molecular weight is 402 g/mol. The summed E-state index contributed by atoms with van der Waals surface area (Å²) in [5, 5.41) is 2.93. The highest BCUT2D eigenvalue weighted by atomic mass is 19.1. The summed E-state index contributed by atoms with van der Waals surface area (Å²) in [7, 11) is 1.31. The molecule has 6 nitrogen and oxygen atoms in total. The molecule has 3 aromatic rings. The fraction of sp³-hybridized carbons (Fsp3) is 0.250. The van der Waals surface area contributed by atoms with Gasteiger partial charge in [-0.25, -0.2) is 18.2 Å². The summed E-state index contributed by atoms with van der Waals surface area (Å²) in [5.74, 6) is -2.05. The van der Waals surface area contributed by atoms with Gasteiger partial charge in [-0.15, -0.1) is 0 Å². The molecule has 1 aromatic carbocycles. The molecule has 1 aliphatic heterocycles. The van der Waals surface area contributed by atoms with Crippen molar-refractivity contribution in [3.05, 3.63) is 75.1 Å². The van der Waals surface area contributed by atoms with Gasteiger partial charge in [0.2, 0.25) is 11.8 Å². The molecule has 1 unspecified atom stereocenters. The number of hydrogen-bond acceptors (Lipinski definition) is 5. The van der Waals surface area contributed by atoms with Crippen LogP contribution in [0.4, 0.5) is 24.8 Å². The van der Waals surface area contributed by atoms with E-state index in [-0.39, 0.29) is 17.4 Å². The largest absolute Gasteiger partial charge is 0.479 e. The van der Waals surface area contributed by atoms with Gasteiger partial charge in [-0.1, -0.05) is 6.07 Å². The van der Waals surface area contributed by atoms with Crippen molar-refractivity contribution < 1.29 is 17.9 Å². The van der Waals surface area contributed by atoms with E-state index in [4.69, 9.17) is 4.74 Å². The lowest BCUT2D eigenvalue weighted by Gasteiger charge is -2.21. The molecule has 0 radical (unpaired) electrons. The minimum atomic E-state index is -0.680. The van der Waals surface area contributed by atoms with Crippen molar-refractivity contribution in [1.82, 2.24) is 14.5 Å². The SMILES string of the molecule is COc1nc(C)c(Nc2nc(=O)cc3n2C(c2ccc(F)cc2F)CC3)cc1F. The van der Waals surface area contributed by atoms with Gasteiger partial charge in [0.15, 0.2) is 5.82 Å². The topological polar surface area (TPSA) is 69.0 Å². The molecule has 0 saturated carbocycles. The van der Waals surface area contributed by atoms with Gasteiger partial charge >= 0.3 is 0 Å². The van der Waals surface area contributed by atoms with Crippen LogP contribution in [0.25, 0.3) is 0 Å². The number of halogens is 3. The van der Waals surface area contributed by atoms with Crippen LogP contribution in [-0.2, 0) is 6.42 Å². The lowest BCUT2D eigenvalue weighted by molar-refractivity contribution is 0.368. The number of nitrogens with one attached hydrogen (secondary N) is 1. The third kappa shape index (κ3) is 3.43. The molecule has 0 spiro atoms. The quantitative estimate of drug-likeness (QED) is 0.722. The molecule has 0 bridgehead atoms. The van der Waals surface area contributed by atoms with Gasteiger partial charge in [-0.2, -0.15) is 4.98 Å². The van der Waals surface area contributed by atoms with Crippen molar-refractivity contribution in [3.8, 4) is 5.88 Å². The molecule has 29 heavy (non-hydrogen) atoms. The maximum absolute atomic E-state index is 14.4. The Balaban J connectivity index is 1.81. The summed E-state index contributed by atoms with van der Waals surface area (Å²) in [6, 6.07) is 5.47. The second kappa shape index (κ2) is 7.23. The Morgan fingerprint density at radius 2 is 1.93 bits per heavy atom. The Morgan fingerprint density at radius 1 is 1.14 bits per heavy atom. The summed E-state index contributed by atoms with van der Waals surface area (Å²) < 4.78 is 48.4. The zero-order valence-corrected chi connectivity index (χ0v) is 15.7. The molecule has 1 N–H and O–H groups in total. The van der Waals surface area contributed by atoms with E-state index in [0.717, 1.165) is 6.07 Å². The number of anilines is 2. The van der Waals surface area contributed by atoms with Crippen molar-refractivity contribution in [3.63, 3.8) is 0 Å². The first kappa shape index (κ1) is 19.0. The van der Waals surface area contributed by atoms with Crippen LogP contribution >= 0.6 is 0 Å². The molecular weight excluding hydrogens is 385 g/mol. The summed E-state index contributed by atoms with van der Waals surface area (Å²) in [4.78, 5) is 20.1. The normalized spacial score (nSPS) is 15.3. The van der Waals surface area contributed by atoms with Crippen molar-refractivity contribution in [2.24, 2.45) is 0 Å². The molecule has 1 atom stereocenters. The molecule has 3 heterocycles. The van der Waals surface area contributed by atoms with Gasteiger partial charge in [0.05, 0.1) is 24.5 Å². The first-order valence-corrected chi connectivity index (χ1v) is 8.93. The van der Waals surface area contributed by atoms with Crippen LogP contribution in [0.2, 0.25) is 0 Å². The highest BCUT2D eigenvalue weighted by molar-refractivity contribution is 5.58. The number of aromatic nitrogens is 3. The Kier molecular flexibility index (Phi) is 4.73. The zero-order valence-electron chi connectivity index (χ0n) is 15.7. The molecule has 2 aromatic heterocycles. The summed E-state index contributed by atoms with van der Waals surface area (Å²) >= 11 is 0. The lowest BCUT2D eigenvalue weighted by Crippen LogP contribution is -2.20. The van der Waals surface area contributed by atoms with Gasteiger partial charge in [-0.05, 0) is 25.8 Å². The number of benzene rings is 1. The summed E-state index contributed by atoms with van der Waals surface area (Å²) in [6.07, 6.45) is 1.03. The number of nitrogens with zero attached hydrogens (tertiary/aromatic N) is 3. The number of fused-ring (bicyclic) bond motifs is 1. The van der Waals surface area contributed by atoms with Crippen LogP contribution < -0.4 is 15.6 Å². The summed E-state index contributed by atoms with van der Waals surface area (Å²) in [6.45, 7) is 1.65. The minimum Gasteiger partial charge on any atom is -0.479 e. The highest BCUT2D eigenvalue weighted by Crippen LogP contribution is 2.36. The second-order valence-electron chi connectivity index (χ2n) is 6.74. The number of aryl methyl sites for hydroxylation is 2. The maximum Gasteiger partial charge on any atom is 0.274 e. The van der Waals surface area contributed by atoms with E-state index in [1.54, 1.807) is 11.5 Å². The highest BCUT2D eigenvalue weighted by Gasteiger charge is 2.29. The maximum atomic E-state index is 14.4. The Morgan fingerprint density at radius 3 is 2.66 bits per heavy atom. The van der Waals surface area contributed by atoms with Crippen LogP contribution in [0.1, 0.15) is 29.4 Å². The standard InChI is InChI=1S/C20H17F3N4O2/c1-10-16(9-15(23)19(24-10)29-2)25-20-26-18(28)8-12-4-6-17(27(12)20)13-5-3-11(21)7-14(13)22/h3,5,7-9,17H,4,6H2,1-2H3,(H,25,26,28). The van der Waals surface area contributed by atoms with Crippen LogP contribution in [-0.4, -0.2) is 21.6 Å². The van der Waals surface area contributed by atoms with Crippen molar-refractivity contribution in [1.29, 1.82) is 0 Å². The predicted molar refractivity (Wildman–Crippen MR) is 100 cm³/mol. The van der Waals surface area contributed by atoms with E-state index in [1.165, 1.54) is 31.4 Å². The van der Waals surface area contributed by atoms with E-state index < -0.39 is 29.1 Å². The first-order valence-electron chi connectivity index (χ1n) is 8.93. The van der Waals surface area contributed by atoms with Crippen molar-refractivity contribution in [2.75, 3.05) is 12.4 Å². The Bertz CT molecular complexity index is 1160. The van der Waals surface area contributed by atoms with E-state index in [0.29, 0.717) is 29.9 Å². The molecule has 4 rings (SSSR count). The molecule has 0 fully saturated rings. The monoisotopic (exact) mass is 402 g/mol. The third-order valence-corrected chi connectivity index (χ3v) is 4.93. The lowest BCUT2D eigenvalue weighted by atomic mass is 10.0. The van der Waals surface area contributed by atoms with E-state index in [2.05, 4.69) is 15.3 Å². The number of pyridine rings is 1. The number of methoxy groups -OCH3 is 1. The van der Waals surface area contributed by atoms with Gasteiger partial charge < -0.3 is 14.6 Å². The van der Waals surface area contributed by atoms with Gasteiger partial charge in [0.1, 0.15) is 11.6 Å². The minimum absolute atomic E-state index is 0.133. The van der Waals surface area contributed by atoms with Crippen LogP contribution in [0.5, 0.6) is 5.88 Å². The van der Waals surface area contributed by atoms with E-state index in [9.17, 15) is 18.0 Å². The van der Waals surface area contributed by atoms with Crippen LogP contribution in [0.15, 0.2) is 35.1 Å². The molecule has 0 saturated heterocycles. The van der Waals surface area contributed by atoms with Crippen molar-refractivity contribution in [2.45, 2.75) is 25.8 Å². The van der Waals surface area contributed by atoms with Gasteiger partial charge in [0.25, 0.3) is 5.56 Å². The summed E-state index contributed by atoms with van der Waals surface area (Å²) in [5.41, 5.74) is 1.19.